The van der Waals surface area contributed by atoms with E-state index in [1.165, 1.54) is 0 Å². The molecular formula is C15H23N3O3. The molecule has 0 atom stereocenters. The molecule has 1 amide bonds. The first-order valence-electron chi connectivity index (χ1n) is 7.10. The fourth-order valence-corrected chi connectivity index (χ4v) is 2.46. The highest BCUT2D eigenvalue weighted by Crippen LogP contribution is 2.33. The Morgan fingerprint density at radius 3 is 2.48 bits per heavy atom. The Balaban J connectivity index is 2.24. The van der Waals surface area contributed by atoms with Crippen molar-refractivity contribution in [2.45, 2.75) is 12.8 Å². The Hall–Kier alpha value is -1.79. The summed E-state index contributed by atoms with van der Waals surface area (Å²) in [5, 5.41) is 2.87. The normalized spacial score (nSPS) is 13.7. The Morgan fingerprint density at radius 2 is 1.86 bits per heavy atom. The summed E-state index contributed by atoms with van der Waals surface area (Å²) in [5.74, 6) is 0.0465. The van der Waals surface area contributed by atoms with Crippen LogP contribution in [0.25, 0.3) is 0 Å². The number of nitrogen functional groups attached to an aromatic ring is 1. The summed E-state index contributed by atoms with van der Waals surface area (Å²) in [6.07, 6.45) is 1.27. The molecule has 1 aromatic rings. The summed E-state index contributed by atoms with van der Waals surface area (Å²) < 4.78 is 10.3. The minimum absolute atomic E-state index is 0.0465. The zero-order chi connectivity index (χ0) is 15.2. The number of ether oxygens (including phenoxy) is 2. The standard InChI is InChI=1S/C15H23N3O3/c1-20-7-5-18(6-8-21-2)14-9-11-3-4-15(19)17-13(11)10-12(14)16/h9-10H,3-8,16H2,1-2H3,(H,17,19). The van der Waals surface area contributed by atoms with E-state index in [0.29, 0.717) is 25.3 Å². The van der Waals surface area contributed by atoms with Crippen molar-refractivity contribution in [1.29, 1.82) is 0 Å². The molecule has 0 spiro atoms. The first kappa shape index (κ1) is 15.6. The van der Waals surface area contributed by atoms with Gasteiger partial charge in [0.15, 0.2) is 0 Å². The van der Waals surface area contributed by atoms with Crippen molar-refractivity contribution in [3.63, 3.8) is 0 Å². The number of fused-ring (bicyclic) bond motifs is 1. The molecule has 6 heteroatoms. The van der Waals surface area contributed by atoms with Crippen molar-refractivity contribution in [3.05, 3.63) is 17.7 Å². The van der Waals surface area contributed by atoms with E-state index in [4.69, 9.17) is 15.2 Å². The molecule has 1 aromatic carbocycles. The van der Waals surface area contributed by atoms with Gasteiger partial charge in [-0.15, -0.1) is 0 Å². The average Bonchev–Trinajstić information content (AvgIpc) is 2.47. The predicted octanol–water partition coefficient (Wildman–Crippen LogP) is 1.25. The lowest BCUT2D eigenvalue weighted by Crippen LogP contribution is -2.31. The molecular weight excluding hydrogens is 270 g/mol. The summed E-state index contributed by atoms with van der Waals surface area (Å²) in [6.45, 7) is 2.73. The van der Waals surface area contributed by atoms with Crippen LogP contribution in [0.5, 0.6) is 0 Å². The van der Waals surface area contributed by atoms with Crippen LogP contribution < -0.4 is 16.0 Å². The van der Waals surface area contributed by atoms with Gasteiger partial charge in [0.2, 0.25) is 5.91 Å². The third-order valence-corrected chi connectivity index (χ3v) is 3.62. The topological polar surface area (TPSA) is 76.8 Å². The number of rotatable bonds is 7. The van der Waals surface area contributed by atoms with Crippen LogP contribution in [-0.4, -0.2) is 46.4 Å². The first-order chi connectivity index (χ1) is 10.2. The number of amides is 1. The van der Waals surface area contributed by atoms with Gasteiger partial charge < -0.3 is 25.4 Å². The zero-order valence-corrected chi connectivity index (χ0v) is 12.6. The fraction of sp³-hybridized carbons (Fsp3) is 0.533. The summed E-state index contributed by atoms with van der Waals surface area (Å²) in [6, 6.07) is 3.91. The van der Waals surface area contributed by atoms with Crippen LogP contribution in [-0.2, 0) is 20.7 Å². The van der Waals surface area contributed by atoms with E-state index in [1.54, 1.807) is 14.2 Å². The highest BCUT2D eigenvalue weighted by atomic mass is 16.5. The van der Waals surface area contributed by atoms with E-state index in [2.05, 4.69) is 16.3 Å². The third kappa shape index (κ3) is 3.86. The number of carbonyl (C=O) groups is 1. The number of benzene rings is 1. The number of carbonyl (C=O) groups excluding carboxylic acids is 1. The molecule has 116 valence electrons. The predicted molar refractivity (Wildman–Crippen MR) is 83.8 cm³/mol. The van der Waals surface area contributed by atoms with E-state index in [1.807, 2.05) is 6.07 Å². The van der Waals surface area contributed by atoms with E-state index < -0.39 is 0 Å². The smallest absolute Gasteiger partial charge is 0.224 e. The molecule has 0 aromatic heterocycles. The maximum atomic E-state index is 11.4. The van der Waals surface area contributed by atoms with Crippen LogP contribution in [0.4, 0.5) is 17.1 Å². The van der Waals surface area contributed by atoms with Crippen molar-refractivity contribution >= 4 is 23.0 Å². The number of hydrogen-bond acceptors (Lipinski definition) is 5. The number of anilines is 3. The Labute approximate surface area is 125 Å². The number of aryl methyl sites for hydroxylation is 1. The van der Waals surface area contributed by atoms with E-state index in [0.717, 1.165) is 36.4 Å². The van der Waals surface area contributed by atoms with Crippen LogP contribution in [0.1, 0.15) is 12.0 Å². The number of hydrogen-bond donors (Lipinski definition) is 2. The Morgan fingerprint density at radius 1 is 1.19 bits per heavy atom. The molecule has 0 radical (unpaired) electrons. The quantitative estimate of drug-likeness (QED) is 0.740. The van der Waals surface area contributed by atoms with E-state index >= 15 is 0 Å². The minimum Gasteiger partial charge on any atom is -0.397 e. The Kier molecular flexibility index (Phi) is 5.41. The molecule has 21 heavy (non-hydrogen) atoms. The highest BCUT2D eigenvalue weighted by Gasteiger charge is 2.19. The van der Waals surface area contributed by atoms with E-state index in [-0.39, 0.29) is 5.91 Å². The number of nitrogens with one attached hydrogen (secondary N) is 1. The molecule has 0 unspecified atom stereocenters. The molecule has 0 fully saturated rings. The summed E-state index contributed by atoms with van der Waals surface area (Å²) in [7, 11) is 3.36. The minimum atomic E-state index is 0.0465. The molecule has 0 bridgehead atoms. The molecule has 3 N–H and O–H groups in total. The fourth-order valence-electron chi connectivity index (χ4n) is 2.46. The monoisotopic (exact) mass is 293 g/mol. The lowest BCUT2D eigenvalue weighted by Gasteiger charge is -2.28. The van der Waals surface area contributed by atoms with Crippen LogP contribution in [0, 0.1) is 0 Å². The molecule has 0 saturated heterocycles. The van der Waals surface area contributed by atoms with Crippen LogP contribution in [0.2, 0.25) is 0 Å². The van der Waals surface area contributed by atoms with Crippen molar-refractivity contribution in [2.24, 2.45) is 0 Å². The summed E-state index contributed by atoms with van der Waals surface area (Å²) in [4.78, 5) is 13.6. The van der Waals surface area contributed by atoms with Crippen LogP contribution in [0.15, 0.2) is 12.1 Å². The van der Waals surface area contributed by atoms with Gasteiger partial charge in [-0.2, -0.15) is 0 Å². The SMILES string of the molecule is COCCN(CCOC)c1cc2c(cc1N)NC(=O)CC2. The molecule has 2 rings (SSSR count). The first-order valence-corrected chi connectivity index (χ1v) is 7.10. The van der Waals surface area contributed by atoms with Crippen molar-refractivity contribution in [3.8, 4) is 0 Å². The summed E-state index contributed by atoms with van der Waals surface area (Å²) in [5.41, 5.74) is 9.74. The van der Waals surface area contributed by atoms with E-state index in [9.17, 15) is 4.79 Å². The van der Waals surface area contributed by atoms with Crippen molar-refractivity contribution < 1.29 is 14.3 Å². The lowest BCUT2D eigenvalue weighted by molar-refractivity contribution is -0.116. The lowest BCUT2D eigenvalue weighted by atomic mass is 10.0. The van der Waals surface area contributed by atoms with Gasteiger partial charge in [0.1, 0.15) is 0 Å². The summed E-state index contributed by atoms with van der Waals surface area (Å²) >= 11 is 0. The van der Waals surface area contributed by atoms with Gasteiger partial charge in [0, 0.05) is 39.4 Å². The average molecular weight is 293 g/mol. The van der Waals surface area contributed by atoms with Gasteiger partial charge in [-0.05, 0) is 24.1 Å². The largest absolute Gasteiger partial charge is 0.397 e. The highest BCUT2D eigenvalue weighted by molar-refractivity contribution is 5.95. The maximum absolute atomic E-state index is 11.4. The second-order valence-electron chi connectivity index (χ2n) is 5.09. The molecule has 1 heterocycles. The van der Waals surface area contributed by atoms with Crippen LogP contribution in [0.3, 0.4) is 0 Å². The van der Waals surface area contributed by atoms with Crippen LogP contribution >= 0.6 is 0 Å². The Bertz CT molecular complexity index is 497. The second-order valence-corrected chi connectivity index (χ2v) is 5.09. The second kappa shape index (κ2) is 7.28. The zero-order valence-electron chi connectivity index (χ0n) is 12.6. The molecule has 0 saturated carbocycles. The molecule has 0 aliphatic carbocycles. The van der Waals surface area contributed by atoms with Gasteiger partial charge in [0.25, 0.3) is 0 Å². The number of methoxy groups -OCH3 is 2. The van der Waals surface area contributed by atoms with Gasteiger partial charge in [0.05, 0.1) is 24.6 Å². The van der Waals surface area contributed by atoms with Gasteiger partial charge in [-0.1, -0.05) is 0 Å². The maximum Gasteiger partial charge on any atom is 0.224 e. The van der Waals surface area contributed by atoms with Gasteiger partial charge in [-0.25, -0.2) is 0 Å². The van der Waals surface area contributed by atoms with Crippen molar-refractivity contribution in [1.82, 2.24) is 0 Å². The number of nitrogens with two attached hydrogens (primary N) is 1. The third-order valence-electron chi connectivity index (χ3n) is 3.62. The number of nitrogens with zero attached hydrogens (tertiary/aromatic N) is 1. The molecule has 1 aliphatic rings. The van der Waals surface area contributed by atoms with Gasteiger partial charge in [-0.3, -0.25) is 4.79 Å². The van der Waals surface area contributed by atoms with Crippen molar-refractivity contribution in [2.75, 3.05) is 56.5 Å². The van der Waals surface area contributed by atoms with Gasteiger partial charge >= 0.3 is 0 Å². The molecule has 6 nitrogen and oxygen atoms in total. The molecule has 1 aliphatic heterocycles.